The molecule has 2 aromatic carbocycles. The van der Waals surface area contributed by atoms with Gasteiger partial charge in [-0.25, -0.2) is 9.37 Å². The van der Waals surface area contributed by atoms with Gasteiger partial charge in [0.15, 0.2) is 0 Å². The van der Waals surface area contributed by atoms with Crippen LogP contribution >= 0.6 is 11.6 Å². The molecule has 0 bridgehead atoms. The van der Waals surface area contributed by atoms with Crippen LogP contribution in [0.25, 0.3) is 23.1 Å². The van der Waals surface area contributed by atoms with E-state index in [4.69, 9.17) is 16.6 Å². The Morgan fingerprint density at radius 3 is 2.59 bits per heavy atom. The summed E-state index contributed by atoms with van der Waals surface area (Å²) in [4.78, 5) is 6.87. The molecule has 0 fully saturated rings. The molecule has 1 heterocycles. The van der Waals surface area contributed by atoms with Crippen molar-refractivity contribution >= 4 is 40.3 Å². The molecule has 5 heteroatoms. The van der Waals surface area contributed by atoms with Gasteiger partial charge in [-0.3, -0.25) is 0 Å². The van der Waals surface area contributed by atoms with Crippen LogP contribution in [0.5, 0.6) is 0 Å². The molecular formula is C22H23ClFN3. The molecule has 0 aliphatic heterocycles. The average molecular weight is 384 g/mol. The summed E-state index contributed by atoms with van der Waals surface area (Å²) in [6, 6.07) is 14.1. The Balaban J connectivity index is 1.86. The minimum Gasteiger partial charge on any atom is -0.384 e. The Morgan fingerprint density at radius 2 is 1.85 bits per heavy atom. The van der Waals surface area contributed by atoms with Crippen LogP contribution in [0.4, 0.5) is 10.1 Å². The fourth-order valence-corrected chi connectivity index (χ4v) is 3.00. The van der Waals surface area contributed by atoms with Gasteiger partial charge >= 0.3 is 0 Å². The first-order valence-corrected chi connectivity index (χ1v) is 9.31. The van der Waals surface area contributed by atoms with E-state index >= 15 is 0 Å². The first kappa shape index (κ1) is 19.3. The fourth-order valence-electron chi connectivity index (χ4n) is 2.82. The highest BCUT2D eigenvalue weighted by atomic mass is 35.5. The zero-order chi connectivity index (χ0) is 19.2. The van der Waals surface area contributed by atoms with Crippen LogP contribution in [0.3, 0.4) is 0 Å². The van der Waals surface area contributed by atoms with Gasteiger partial charge in [-0.1, -0.05) is 29.8 Å². The van der Waals surface area contributed by atoms with Crippen LogP contribution in [0, 0.1) is 5.82 Å². The summed E-state index contributed by atoms with van der Waals surface area (Å²) in [5.41, 5.74) is 3.66. The van der Waals surface area contributed by atoms with Gasteiger partial charge in [0.25, 0.3) is 0 Å². The molecule has 0 aliphatic rings. The number of pyridine rings is 1. The Labute approximate surface area is 164 Å². The number of benzene rings is 2. The first-order chi connectivity index (χ1) is 13.0. The van der Waals surface area contributed by atoms with Gasteiger partial charge in [0, 0.05) is 22.6 Å². The van der Waals surface area contributed by atoms with Crippen molar-refractivity contribution < 1.29 is 4.39 Å². The quantitative estimate of drug-likeness (QED) is 0.541. The molecule has 3 rings (SSSR count). The third-order valence-corrected chi connectivity index (χ3v) is 4.44. The number of nitrogens with zero attached hydrogens (tertiary/aromatic N) is 2. The summed E-state index contributed by atoms with van der Waals surface area (Å²) >= 11 is 6.18. The summed E-state index contributed by atoms with van der Waals surface area (Å²) in [7, 11) is 4.14. The number of hydrogen-bond acceptors (Lipinski definition) is 3. The molecular weight excluding hydrogens is 361 g/mol. The zero-order valence-electron chi connectivity index (χ0n) is 15.5. The van der Waals surface area contributed by atoms with Crippen LogP contribution < -0.4 is 5.32 Å². The Hall–Kier alpha value is -2.43. The molecule has 0 spiro atoms. The third-order valence-electron chi connectivity index (χ3n) is 4.20. The van der Waals surface area contributed by atoms with Crippen molar-refractivity contribution in [3.05, 3.63) is 70.6 Å². The lowest BCUT2D eigenvalue weighted by Gasteiger charge is -2.13. The highest BCUT2D eigenvalue weighted by Crippen LogP contribution is 2.27. The van der Waals surface area contributed by atoms with Gasteiger partial charge in [0.1, 0.15) is 5.82 Å². The van der Waals surface area contributed by atoms with Crippen LogP contribution in [0.15, 0.2) is 48.5 Å². The predicted octanol–water partition coefficient (Wildman–Crippen LogP) is 5.56. The summed E-state index contributed by atoms with van der Waals surface area (Å²) in [6.07, 6.45) is 4.91. The maximum Gasteiger partial charge on any atom is 0.123 e. The molecule has 1 N–H and O–H groups in total. The second kappa shape index (κ2) is 8.98. The topological polar surface area (TPSA) is 28.2 Å². The number of rotatable bonds is 7. The van der Waals surface area contributed by atoms with Crippen molar-refractivity contribution in [2.24, 2.45) is 0 Å². The van der Waals surface area contributed by atoms with Gasteiger partial charge in [-0.15, -0.1) is 0 Å². The lowest BCUT2D eigenvalue weighted by atomic mass is 10.1. The minimum atomic E-state index is -0.239. The van der Waals surface area contributed by atoms with Crippen LogP contribution in [0.2, 0.25) is 5.02 Å². The van der Waals surface area contributed by atoms with Crippen LogP contribution in [-0.4, -0.2) is 37.1 Å². The Kier molecular flexibility index (Phi) is 6.43. The van der Waals surface area contributed by atoms with Crippen molar-refractivity contribution in [2.45, 2.75) is 6.42 Å². The Morgan fingerprint density at radius 1 is 1.07 bits per heavy atom. The molecule has 0 aliphatic carbocycles. The van der Waals surface area contributed by atoms with E-state index in [1.54, 1.807) is 12.1 Å². The van der Waals surface area contributed by atoms with E-state index in [0.717, 1.165) is 47.4 Å². The standard InChI is InChI=1S/C22H23ClFN3/c1-27(2)13-3-12-25-22-15-19(10-6-16-4-8-18(24)9-5-16)26-21-11-7-17(23)14-20(21)22/h4-11,14-15H,3,12-13H2,1-2H3,(H,25,26)/b10-6+. The van der Waals surface area contributed by atoms with Gasteiger partial charge in [-0.2, -0.15) is 0 Å². The van der Waals surface area contributed by atoms with Crippen LogP contribution in [0.1, 0.15) is 17.7 Å². The molecule has 0 saturated carbocycles. The van der Waals surface area contributed by atoms with Gasteiger partial charge < -0.3 is 10.2 Å². The second-order valence-electron chi connectivity index (χ2n) is 6.72. The summed E-state index contributed by atoms with van der Waals surface area (Å²) in [6.45, 7) is 1.89. The number of aromatic nitrogens is 1. The van der Waals surface area contributed by atoms with E-state index < -0.39 is 0 Å². The van der Waals surface area contributed by atoms with Crippen molar-refractivity contribution in [1.82, 2.24) is 9.88 Å². The van der Waals surface area contributed by atoms with Gasteiger partial charge in [0.2, 0.25) is 0 Å². The van der Waals surface area contributed by atoms with E-state index in [0.29, 0.717) is 5.02 Å². The largest absolute Gasteiger partial charge is 0.384 e. The highest BCUT2D eigenvalue weighted by Gasteiger charge is 2.06. The Bertz CT molecular complexity index is 936. The normalized spacial score (nSPS) is 11.6. The number of hydrogen-bond donors (Lipinski definition) is 1. The summed E-state index contributed by atoms with van der Waals surface area (Å²) in [5.74, 6) is -0.239. The van der Waals surface area contributed by atoms with Gasteiger partial charge in [-0.05, 0) is 75.1 Å². The maximum absolute atomic E-state index is 13.0. The number of nitrogens with one attached hydrogen (secondary N) is 1. The molecule has 0 saturated heterocycles. The maximum atomic E-state index is 13.0. The lowest BCUT2D eigenvalue weighted by molar-refractivity contribution is 0.405. The van der Waals surface area contributed by atoms with E-state index in [1.165, 1.54) is 12.1 Å². The molecule has 140 valence electrons. The molecule has 0 unspecified atom stereocenters. The van der Waals surface area contributed by atoms with E-state index in [-0.39, 0.29) is 5.82 Å². The van der Waals surface area contributed by atoms with Crippen molar-refractivity contribution in [2.75, 3.05) is 32.5 Å². The molecule has 1 aromatic heterocycles. The first-order valence-electron chi connectivity index (χ1n) is 8.94. The van der Waals surface area contributed by atoms with Crippen LogP contribution in [-0.2, 0) is 0 Å². The monoisotopic (exact) mass is 383 g/mol. The molecule has 0 atom stereocenters. The van der Waals surface area contributed by atoms with E-state index in [1.807, 2.05) is 36.4 Å². The van der Waals surface area contributed by atoms with E-state index in [9.17, 15) is 4.39 Å². The lowest BCUT2D eigenvalue weighted by Crippen LogP contribution is -2.16. The van der Waals surface area contributed by atoms with Crippen molar-refractivity contribution in [3.63, 3.8) is 0 Å². The zero-order valence-corrected chi connectivity index (χ0v) is 16.3. The summed E-state index contributed by atoms with van der Waals surface area (Å²) < 4.78 is 13.0. The van der Waals surface area contributed by atoms with E-state index in [2.05, 4.69) is 24.3 Å². The smallest absolute Gasteiger partial charge is 0.123 e. The highest BCUT2D eigenvalue weighted by molar-refractivity contribution is 6.31. The average Bonchev–Trinajstić information content (AvgIpc) is 2.65. The van der Waals surface area contributed by atoms with Gasteiger partial charge in [0.05, 0.1) is 11.2 Å². The fraction of sp³-hybridized carbons (Fsp3) is 0.227. The number of fused-ring (bicyclic) bond motifs is 1. The molecule has 3 nitrogen and oxygen atoms in total. The SMILES string of the molecule is CN(C)CCCNc1cc(/C=C/c2ccc(F)cc2)nc2ccc(Cl)cc12. The molecule has 0 amide bonds. The van der Waals surface area contributed by atoms with Crippen molar-refractivity contribution in [3.8, 4) is 0 Å². The molecule has 3 aromatic rings. The number of anilines is 1. The number of halogens is 2. The predicted molar refractivity (Wildman–Crippen MR) is 114 cm³/mol. The third kappa shape index (κ3) is 5.52. The van der Waals surface area contributed by atoms with Crippen molar-refractivity contribution in [1.29, 1.82) is 0 Å². The molecule has 27 heavy (non-hydrogen) atoms. The second-order valence-corrected chi connectivity index (χ2v) is 7.16. The summed E-state index contributed by atoms with van der Waals surface area (Å²) in [5, 5.41) is 5.20. The molecule has 0 radical (unpaired) electrons. The minimum absolute atomic E-state index is 0.239.